The van der Waals surface area contributed by atoms with Gasteiger partial charge in [0.05, 0.1) is 0 Å². The van der Waals surface area contributed by atoms with Gasteiger partial charge in [-0.05, 0) is 26.0 Å². The second-order valence-electron chi connectivity index (χ2n) is 2.90. The van der Waals surface area contributed by atoms with E-state index in [9.17, 15) is 0 Å². The van der Waals surface area contributed by atoms with Crippen LogP contribution in [0.2, 0.25) is 0 Å². The average Bonchev–Trinajstić information content (AvgIpc) is 2.08. The highest BCUT2D eigenvalue weighted by Crippen LogP contribution is 2.14. The number of hydrogen-bond acceptors (Lipinski definition) is 2. The zero-order valence-electron chi connectivity index (χ0n) is 7.76. The van der Waals surface area contributed by atoms with E-state index in [0.717, 1.165) is 17.0 Å². The Morgan fingerprint density at radius 1 is 1.42 bits per heavy atom. The van der Waals surface area contributed by atoms with Crippen LogP contribution in [0.3, 0.4) is 0 Å². The van der Waals surface area contributed by atoms with Crippen LogP contribution >= 0.6 is 0 Å². The summed E-state index contributed by atoms with van der Waals surface area (Å²) < 4.78 is 0. The van der Waals surface area contributed by atoms with Crippen LogP contribution in [0.1, 0.15) is 18.1 Å². The third-order valence-corrected chi connectivity index (χ3v) is 1.93. The van der Waals surface area contributed by atoms with Crippen molar-refractivity contribution >= 4 is 11.4 Å². The fourth-order valence-electron chi connectivity index (χ4n) is 1.10. The largest absolute Gasteiger partial charge is 0.398 e. The molecule has 2 N–H and O–H groups in total. The minimum atomic E-state index is 0.795. The van der Waals surface area contributed by atoms with Crippen LogP contribution < -0.4 is 5.73 Å². The van der Waals surface area contributed by atoms with E-state index in [0.29, 0.717) is 0 Å². The molecular formula is C10H14N2. The molecular weight excluding hydrogens is 148 g/mol. The van der Waals surface area contributed by atoms with E-state index >= 15 is 0 Å². The first-order chi connectivity index (χ1) is 5.65. The average molecular weight is 162 g/mol. The normalized spacial score (nSPS) is 11.8. The predicted octanol–water partition coefficient (Wildman–Crippen LogP) is 2.02. The summed E-state index contributed by atoms with van der Waals surface area (Å²) in [4.78, 5) is 4.10. The zero-order chi connectivity index (χ0) is 9.14. The number of nitrogens with two attached hydrogens (primary N) is 1. The number of nitrogens with zero attached hydrogens (tertiary/aromatic N) is 1. The van der Waals surface area contributed by atoms with E-state index in [1.807, 2.05) is 26.0 Å². The Kier molecular flexibility index (Phi) is 2.48. The number of aryl methyl sites for hydroxylation is 1. The Morgan fingerprint density at radius 3 is 2.67 bits per heavy atom. The van der Waals surface area contributed by atoms with Crippen molar-refractivity contribution in [2.24, 2.45) is 4.99 Å². The quantitative estimate of drug-likeness (QED) is 0.498. The van der Waals surface area contributed by atoms with Gasteiger partial charge in [-0.2, -0.15) is 0 Å². The summed E-state index contributed by atoms with van der Waals surface area (Å²) in [5.74, 6) is 0. The monoisotopic (exact) mass is 162 g/mol. The number of nitrogen functional groups attached to an aromatic ring is 1. The highest BCUT2D eigenvalue weighted by molar-refractivity contribution is 6.03. The minimum Gasteiger partial charge on any atom is -0.398 e. The molecule has 0 unspecified atom stereocenters. The number of benzene rings is 1. The van der Waals surface area contributed by atoms with E-state index < -0.39 is 0 Å². The summed E-state index contributed by atoms with van der Waals surface area (Å²) in [6, 6.07) is 5.97. The Balaban J connectivity index is 3.23. The summed E-state index contributed by atoms with van der Waals surface area (Å²) >= 11 is 0. The minimum absolute atomic E-state index is 0.795. The molecule has 0 aliphatic heterocycles. The second kappa shape index (κ2) is 3.39. The van der Waals surface area contributed by atoms with E-state index in [-0.39, 0.29) is 0 Å². The molecule has 0 amide bonds. The van der Waals surface area contributed by atoms with Crippen molar-refractivity contribution in [1.29, 1.82) is 0 Å². The Bertz CT molecular complexity index is 314. The molecule has 1 aromatic rings. The van der Waals surface area contributed by atoms with Crippen LogP contribution in [-0.2, 0) is 0 Å². The Morgan fingerprint density at radius 2 is 2.08 bits per heavy atom. The maximum absolute atomic E-state index is 5.79. The highest BCUT2D eigenvalue weighted by atomic mass is 14.7. The molecule has 1 aromatic carbocycles. The molecule has 0 atom stereocenters. The van der Waals surface area contributed by atoms with Gasteiger partial charge in [-0.3, -0.25) is 4.99 Å². The number of anilines is 1. The molecule has 12 heavy (non-hydrogen) atoms. The lowest BCUT2D eigenvalue weighted by Crippen LogP contribution is -2.00. The molecule has 64 valence electrons. The topological polar surface area (TPSA) is 38.4 Å². The van der Waals surface area contributed by atoms with Gasteiger partial charge < -0.3 is 5.73 Å². The van der Waals surface area contributed by atoms with Crippen LogP contribution in [0, 0.1) is 6.92 Å². The van der Waals surface area contributed by atoms with Crippen LogP contribution in [-0.4, -0.2) is 12.8 Å². The summed E-state index contributed by atoms with van der Waals surface area (Å²) in [5.41, 5.74) is 9.81. The van der Waals surface area contributed by atoms with E-state index in [1.165, 1.54) is 5.56 Å². The maximum Gasteiger partial charge on any atom is 0.0406 e. The first kappa shape index (κ1) is 8.78. The molecule has 0 radical (unpaired) electrons. The molecule has 2 heteroatoms. The predicted molar refractivity (Wildman–Crippen MR) is 53.7 cm³/mol. The van der Waals surface area contributed by atoms with Gasteiger partial charge in [0.1, 0.15) is 0 Å². The van der Waals surface area contributed by atoms with Gasteiger partial charge in [0.2, 0.25) is 0 Å². The highest BCUT2D eigenvalue weighted by Gasteiger charge is 2.00. The lowest BCUT2D eigenvalue weighted by molar-refractivity contribution is 1.39. The molecule has 0 fully saturated rings. The van der Waals surface area contributed by atoms with Crippen LogP contribution in [0.15, 0.2) is 23.2 Å². The van der Waals surface area contributed by atoms with E-state index in [1.54, 1.807) is 7.05 Å². The number of aliphatic imine (C=N–C) groups is 1. The summed E-state index contributed by atoms with van der Waals surface area (Å²) in [7, 11) is 1.77. The van der Waals surface area contributed by atoms with Gasteiger partial charge in [-0.1, -0.05) is 11.6 Å². The van der Waals surface area contributed by atoms with Crippen molar-refractivity contribution in [2.75, 3.05) is 12.8 Å². The molecule has 0 aliphatic carbocycles. The van der Waals surface area contributed by atoms with Gasteiger partial charge >= 0.3 is 0 Å². The van der Waals surface area contributed by atoms with Crippen molar-refractivity contribution in [2.45, 2.75) is 13.8 Å². The first-order valence-corrected chi connectivity index (χ1v) is 3.95. The maximum atomic E-state index is 5.79. The van der Waals surface area contributed by atoms with Gasteiger partial charge in [-0.25, -0.2) is 0 Å². The van der Waals surface area contributed by atoms with Crippen molar-refractivity contribution in [3.8, 4) is 0 Å². The zero-order valence-corrected chi connectivity index (χ0v) is 7.76. The molecule has 0 aliphatic rings. The van der Waals surface area contributed by atoms with Gasteiger partial charge in [0.25, 0.3) is 0 Å². The van der Waals surface area contributed by atoms with Crippen molar-refractivity contribution in [3.05, 3.63) is 29.3 Å². The van der Waals surface area contributed by atoms with Gasteiger partial charge in [0, 0.05) is 24.0 Å². The first-order valence-electron chi connectivity index (χ1n) is 3.95. The molecule has 0 saturated carbocycles. The SMILES string of the molecule is C/N=C(\C)c1cc(C)ccc1N. The third-order valence-electron chi connectivity index (χ3n) is 1.93. The van der Waals surface area contributed by atoms with Gasteiger partial charge in [-0.15, -0.1) is 0 Å². The summed E-state index contributed by atoms with van der Waals surface area (Å²) in [5, 5.41) is 0. The fraction of sp³-hybridized carbons (Fsp3) is 0.300. The standard InChI is InChI=1S/C10H14N2/c1-7-4-5-10(11)9(6-7)8(2)12-3/h4-6H,11H2,1-3H3/b12-8+. The smallest absolute Gasteiger partial charge is 0.0406 e. The van der Waals surface area contributed by atoms with Crippen LogP contribution in [0.5, 0.6) is 0 Å². The molecule has 1 rings (SSSR count). The third kappa shape index (κ3) is 1.64. The summed E-state index contributed by atoms with van der Waals surface area (Å²) in [6.07, 6.45) is 0. The van der Waals surface area contributed by atoms with Crippen molar-refractivity contribution in [1.82, 2.24) is 0 Å². The molecule has 0 heterocycles. The molecule has 0 spiro atoms. The molecule has 0 bridgehead atoms. The lowest BCUT2D eigenvalue weighted by Gasteiger charge is -2.05. The lowest BCUT2D eigenvalue weighted by atomic mass is 10.1. The fourth-order valence-corrected chi connectivity index (χ4v) is 1.10. The van der Waals surface area contributed by atoms with Crippen molar-refractivity contribution < 1.29 is 0 Å². The molecule has 2 nitrogen and oxygen atoms in total. The van der Waals surface area contributed by atoms with E-state index in [4.69, 9.17) is 5.73 Å². The van der Waals surface area contributed by atoms with Crippen molar-refractivity contribution in [3.63, 3.8) is 0 Å². The summed E-state index contributed by atoms with van der Waals surface area (Å²) in [6.45, 7) is 4.01. The second-order valence-corrected chi connectivity index (χ2v) is 2.90. The number of hydrogen-bond donors (Lipinski definition) is 1. The Labute approximate surface area is 73.1 Å². The van der Waals surface area contributed by atoms with Crippen LogP contribution in [0.4, 0.5) is 5.69 Å². The Hall–Kier alpha value is -1.31. The van der Waals surface area contributed by atoms with Crippen LogP contribution in [0.25, 0.3) is 0 Å². The van der Waals surface area contributed by atoms with Gasteiger partial charge in [0.15, 0.2) is 0 Å². The molecule has 0 saturated heterocycles. The number of rotatable bonds is 1. The molecule has 0 aromatic heterocycles. The van der Waals surface area contributed by atoms with E-state index in [2.05, 4.69) is 11.1 Å².